The van der Waals surface area contributed by atoms with Crippen LogP contribution in [-0.4, -0.2) is 14.2 Å². The molecule has 3 rings (SSSR count). The molecule has 0 aliphatic heterocycles. The van der Waals surface area contributed by atoms with Gasteiger partial charge in [0.1, 0.15) is 0 Å². The minimum absolute atomic E-state index is 0.115. The molecule has 2 aromatic rings. The average Bonchev–Trinajstić information content (AvgIpc) is 3.07. The fourth-order valence-corrected chi connectivity index (χ4v) is 4.28. The molecule has 1 aliphatic carbocycles. The van der Waals surface area contributed by atoms with Crippen molar-refractivity contribution in [3.05, 3.63) is 63.6 Å². The topological polar surface area (TPSA) is 34.1 Å². The van der Waals surface area contributed by atoms with Gasteiger partial charge in [-0.1, -0.05) is 48.3 Å². The highest BCUT2D eigenvalue weighted by atomic mass is 35.5. The molecule has 24 heavy (non-hydrogen) atoms. The molecular weight excluding hydrogens is 363 g/mol. The van der Waals surface area contributed by atoms with E-state index in [0.717, 1.165) is 30.4 Å². The molecule has 2 nitrogen and oxygen atoms in total. The summed E-state index contributed by atoms with van der Waals surface area (Å²) in [5.74, 6) is 0.115. The molecule has 5 heteroatoms. The van der Waals surface area contributed by atoms with Crippen molar-refractivity contribution in [3.63, 3.8) is 0 Å². The number of hydrogen-bond donors (Lipinski definition) is 0. The van der Waals surface area contributed by atoms with Gasteiger partial charge in [0.05, 0.1) is 20.7 Å². The summed E-state index contributed by atoms with van der Waals surface area (Å²) in [5.41, 5.74) is 4.68. The van der Waals surface area contributed by atoms with E-state index in [9.17, 15) is 8.42 Å². The highest BCUT2D eigenvalue weighted by Crippen LogP contribution is 2.41. The van der Waals surface area contributed by atoms with Crippen LogP contribution in [0.2, 0.25) is 10.0 Å². The van der Waals surface area contributed by atoms with Crippen LogP contribution in [0, 0.1) is 0 Å². The Morgan fingerprint density at radius 3 is 2.04 bits per heavy atom. The van der Waals surface area contributed by atoms with Crippen molar-refractivity contribution in [2.75, 3.05) is 5.75 Å². The first kappa shape index (κ1) is 17.5. The lowest BCUT2D eigenvalue weighted by Gasteiger charge is -2.10. The van der Waals surface area contributed by atoms with Crippen molar-refractivity contribution in [3.8, 4) is 0 Å². The Morgan fingerprint density at radius 1 is 0.875 bits per heavy atom. The van der Waals surface area contributed by atoms with Crippen LogP contribution in [0.15, 0.2) is 47.4 Å². The van der Waals surface area contributed by atoms with E-state index >= 15 is 0 Å². The molecule has 0 amide bonds. The third-order valence-corrected chi connectivity index (χ3v) is 6.92. The van der Waals surface area contributed by atoms with Crippen LogP contribution in [-0.2, 0) is 9.84 Å². The first-order valence-electron chi connectivity index (χ1n) is 7.93. The van der Waals surface area contributed by atoms with E-state index in [0.29, 0.717) is 14.9 Å². The maximum absolute atomic E-state index is 11.9. The molecule has 126 valence electrons. The molecule has 0 bridgehead atoms. The summed E-state index contributed by atoms with van der Waals surface area (Å²) in [7, 11) is -3.16. The fraction of sp³-hybridized carbons (Fsp3) is 0.263. The van der Waals surface area contributed by atoms with Gasteiger partial charge in [-0.05, 0) is 65.8 Å². The summed E-state index contributed by atoms with van der Waals surface area (Å²) in [4.78, 5) is 0.378. The van der Waals surface area contributed by atoms with Gasteiger partial charge in [0.2, 0.25) is 0 Å². The predicted molar refractivity (Wildman–Crippen MR) is 101 cm³/mol. The highest BCUT2D eigenvalue weighted by Gasteiger charge is 2.19. The second-order valence-corrected chi connectivity index (χ2v) is 8.96. The molecule has 1 aliphatic rings. The Hall–Kier alpha value is -1.29. The Kier molecular flexibility index (Phi) is 5.05. The van der Waals surface area contributed by atoms with Crippen LogP contribution in [0.4, 0.5) is 0 Å². The van der Waals surface area contributed by atoms with Crippen LogP contribution in [0.1, 0.15) is 37.3 Å². The third kappa shape index (κ3) is 3.39. The Morgan fingerprint density at radius 2 is 1.46 bits per heavy atom. The molecule has 0 N–H and O–H groups in total. The molecule has 0 heterocycles. The zero-order valence-corrected chi connectivity index (χ0v) is 15.7. The quantitative estimate of drug-likeness (QED) is 0.663. The van der Waals surface area contributed by atoms with Crippen molar-refractivity contribution >= 4 is 44.2 Å². The standard InChI is InChI=1S/C19H18Cl2O2S/c1-2-24(22,23)15-9-6-13(7-10-15)16-4-3-5-17(16)14-8-11-18(20)19(21)12-14/h6-12H,2-5H2,1H3. The zero-order valence-electron chi connectivity index (χ0n) is 13.4. The van der Waals surface area contributed by atoms with Gasteiger partial charge >= 0.3 is 0 Å². The van der Waals surface area contributed by atoms with Crippen LogP contribution < -0.4 is 0 Å². The average molecular weight is 381 g/mol. The second-order valence-electron chi connectivity index (χ2n) is 5.87. The SMILES string of the molecule is CCS(=O)(=O)c1ccc(C2=C(c3ccc(Cl)c(Cl)c3)CCC2)cc1. The summed E-state index contributed by atoms with van der Waals surface area (Å²) in [6.45, 7) is 1.66. The van der Waals surface area contributed by atoms with E-state index < -0.39 is 9.84 Å². The molecule has 0 saturated carbocycles. The summed E-state index contributed by atoms with van der Waals surface area (Å²) in [6, 6.07) is 12.9. The first-order valence-corrected chi connectivity index (χ1v) is 10.3. The lowest BCUT2D eigenvalue weighted by atomic mass is 9.97. The van der Waals surface area contributed by atoms with Crippen molar-refractivity contribution in [2.45, 2.75) is 31.1 Å². The first-order chi connectivity index (χ1) is 11.4. The summed E-state index contributed by atoms with van der Waals surface area (Å²) in [6.07, 6.45) is 3.05. The van der Waals surface area contributed by atoms with Gasteiger partial charge in [0.25, 0.3) is 0 Å². The van der Waals surface area contributed by atoms with Gasteiger partial charge in [0.15, 0.2) is 9.84 Å². The minimum Gasteiger partial charge on any atom is -0.224 e. The van der Waals surface area contributed by atoms with E-state index in [1.165, 1.54) is 11.1 Å². The van der Waals surface area contributed by atoms with E-state index in [4.69, 9.17) is 23.2 Å². The Bertz CT molecular complexity index is 897. The lowest BCUT2D eigenvalue weighted by Crippen LogP contribution is -2.03. The van der Waals surface area contributed by atoms with Crippen molar-refractivity contribution < 1.29 is 8.42 Å². The molecule has 0 atom stereocenters. The van der Waals surface area contributed by atoms with E-state index in [1.807, 2.05) is 30.3 Å². The van der Waals surface area contributed by atoms with E-state index in [2.05, 4.69) is 0 Å². The molecule has 0 aromatic heterocycles. The number of sulfone groups is 1. The summed E-state index contributed by atoms with van der Waals surface area (Å²) in [5, 5.41) is 1.10. The maximum atomic E-state index is 11.9. The van der Waals surface area contributed by atoms with Gasteiger partial charge < -0.3 is 0 Å². The molecule has 0 fully saturated rings. The molecular formula is C19H18Cl2O2S. The number of allylic oxidation sites excluding steroid dienone is 2. The van der Waals surface area contributed by atoms with Crippen molar-refractivity contribution in [1.82, 2.24) is 0 Å². The van der Waals surface area contributed by atoms with Crippen LogP contribution >= 0.6 is 23.2 Å². The molecule has 0 radical (unpaired) electrons. The summed E-state index contributed by atoms with van der Waals surface area (Å²) < 4.78 is 23.9. The number of hydrogen-bond acceptors (Lipinski definition) is 2. The normalized spacial score (nSPS) is 15.1. The van der Waals surface area contributed by atoms with Crippen LogP contribution in [0.3, 0.4) is 0 Å². The van der Waals surface area contributed by atoms with E-state index in [-0.39, 0.29) is 5.75 Å². The van der Waals surface area contributed by atoms with E-state index in [1.54, 1.807) is 19.1 Å². The van der Waals surface area contributed by atoms with Crippen LogP contribution in [0.25, 0.3) is 11.1 Å². The Labute approximate surface area is 153 Å². The number of halogens is 2. The molecule has 0 spiro atoms. The third-order valence-electron chi connectivity index (χ3n) is 4.43. The summed E-state index contributed by atoms with van der Waals surface area (Å²) >= 11 is 12.2. The fourth-order valence-electron chi connectivity index (χ4n) is 3.09. The van der Waals surface area contributed by atoms with Crippen molar-refractivity contribution in [1.29, 1.82) is 0 Å². The van der Waals surface area contributed by atoms with Gasteiger partial charge in [-0.2, -0.15) is 0 Å². The highest BCUT2D eigenvalue weighted by molar-refractivity contribution is 7.91. The second kappa shape index (κ2) is 6.91. The number of benzene rings is 2. The molecule has 0 saturated heterocycles. The largest absolute Gasteiger partial charge is 0.224 e. The van der Waals surface area contributed by atoms with Crippen LogP contribution in [0.5, 0.6) is 0 Å². The zero-order chi connectivity index (χ0) is 17.3. The number of rotatable bonds is 4. The molecule has 0 unspecified atom stereocenters. The molecule has 2 aromatic carbocycles. The Balaban J connectivity index is 2.02. The maximum Gasteiger partial charge on any atom is 0.178 e. The van der Waals surface area contributed by atoms with Gasteiger partial charge in [-0.15, -0.1) is 0 Å². The predicted octanol–water partition coefficient (Wildman–Crippen LogP) is 5.88. The smallest absolute Gasteiger partial charge is 0.178 e. The monoisotopic (exact) mass is 380 g/mol. The minimum atomic E-state index is -3.16. The van der Waals surface area contributed by atoms with Gasteiger partial charge in [0, 0.05) is 0 Å². The van der Waals surface area contributed by atoms with Gasteiger partial charge in [-0.25, -0.2) is 8.42 Å². The lowest BCUT2D eigenvalue weighted by molar-refractivity contribution is 0.597. The van der Waals surface area contributed by atoms with Crippen molar-refractivity contribution in [2.24, 2.45) is 0 Å². The van der Waals surface area contributed by atoms with Gasteiger partial charge in [-0.3, -0.25) is 0 Å².